The molecule has 0 aromatic rings. The fraction of sp³-hybridized carbons (Fsp3) is 0.750. The SMILES string of the molecule is CCNC(=NCCS(=O)(=O)C(C)(C)C)NCCN1C(=O)C2C3C=CC(C3)C2C1=O. The van der Waals surface area contributed by atoms with Gasteiger partial charge in [0.25, 0.3) is 0 Å². The number of amides is 2. The van der Waals surface area contributed by atoms with E-state index < -0.39 is 14.6 Å². The lowest BCUT2D eigenvalue weighted by Gasteiger charge is -2.19. The van der Waals surface area contributed by atoms with Crippen LogP contribution < -0.4 is 10.6 Å². The maximum Gasteiger partial charge on any atom is 0.233 e. The molecule has 4 unspecified atom stereocenters. The van der Waals surface area contributed by atoms with Crippen molar-refractivity contribution in [1.82, 2.24) is 15.5 Å². The molecule has 8 nitrogen and oxygen atoms in total. The maximum atomic E-state index is 12.7. The van der Waals surface area contributed by atoms with E-state index in [1.807, 2.05) is 6.92 Å². The number of guanidine groups is 1. The molecule has 1 saturated carbocycles. The third-order valence-electron chi connectivity index (χ3n) is 6.10. The summed E-state index contributed by atoms with van der Waals surface area (Å²) in [4.78, 5) is 31.1. The lowest BCUT2D eigenvalue weighted by molar-refractivity contribution is -0.140. The lowest BCUT2D eigenvalue weighted by Crippen LogP contribution is -2.44. The lowest BCUT2D eigenvalue weighted by atomic mass is 9.85. The summed E-state index contributed by atoms with van der Waals surface area (Å²) < 4.78 is 23.6. The predicted octanol–water partition coefficient (Wildman–Crippen LogP) is 0.562. The molecule has 0 aromatic carbocycles. The van der Waals surface area contributed by atoms with Crippen LogP contribution in [0.2, 0.25) is 0 Å². The summed E-state index contributed by atoms with van der Waals surface area (Å²) in [5, 5.41) is 6.16. The van der Waals surface area contributed by atoms with Crippen LogP contribution in [0, 0.1) is 23.7 Å². The van der Waals surface area contributed by atoms with Crippen molar-refractivity contribution in [2.24, 2.45) is 28.7 Å². The van der Waals surface area contributed by atoms with Crippen LogP contribution in [0.4, 0.5) is 0 Å². The first kappa shape index (κ1) is 21.8. The zero-order valence-corrected chi connectivity index (χ0v) is 18.5. The number of nitrogens with zero attached hydrogens (tertiary/aromatic N) is 2. The standard InChI is InChI=1S/C20H32N4O4S/c1-5-21-19(23-9-11-29(27,28)20(2,3)4)22-8-10-24-17(25)15-13-6-7-14(12-13)16(15)18(24)26/h6-7,13-16H,5,8-12H2,1-4H3,(H2,21,22,23). The Morgan fingerprint density at radius 1 is 1.14 bits per heavy atom. The number of carbonyl (C=O) groups excluding carboxylic acids is 2. The van der Waals surface area contributed by atoms with Gasteiger partial charge in [-0.2, -0.15) is 0 Å². The van der Waals surface area contributed by atoms with Gasteiger partial charge >= 0.3 is 0 Å². The van der Waals surface area contributed by atoms with Crippen molar-refractivity contribution in [3.8, 4) is 0 Å². The summed E-state index contributed by atoms with van der Waals surface area (Å²) in [6, 6.07) is 0. The molecule has 0 radical (unpaired) electrons. The van der Waals surface area contributed by atoms with Crippen molar-refractivity contribution >= 4 is 27.6 Å². The number of fused-ring (bicyclic) bond motifs is 5. The van der Waals surface area contributed by atoms with Gasteiger partial charge in [0.1, 0.15) is 0 Å². The van der Waals surface area contributed by atoms with E-state index in [9.17, 15) is 18.0 Å². The molecule has 9 heteroatoms. The molecule has 2 amide bonds. The topological polar surface area (TPSA) is 108 Å². The average molecular weight is 425 g/mol. The number of carbonyl (C=O) groups is 2. The Kier molecular flexibility index (Phi) is 6.08. The highest BCUT2D eigenvalue weighted by Crippen LogP contribution is 2.52. The number of hydrogen-bond acceptors (Lipinski definition) is 5. The average Bonchev–Trinajstić information content (AvgIpc) is 3.30. The second-order valence-corrected chi connectivity index (χ2v) is 11.8. The Hall–Kier alpha value is -1.90. The summed E-state index contributed by atoms with van der Waals surface area (Å²) in [6.45, 7) is 8.38. The third kappa shape index (κ3) is 4.20. The van der Waals surface area contributed by atoms with Gasteiger partial charge in [-0.25, -0.2) is 8.42 Å². The molecule has 2 N–H and O–H groups in total. The molecule has 1 saturated heterocycles. The molecule has 2 fully saturated rings. The predicted molar refractivity (Wildman–Crippen MR) is 112 cm³/mol. The van der Waals surface area contributed by atoms with Crippen molar-refractivity contribution in [2.75, 3.05) is 31.9 Å². The molecule has 0 aromatic heterocycles. The van der Waals surface area contributed by atoms with Gasteiger partial charge in [0.2, 0.25) is 11.8 Å². The minimum atomic E-state index is -3.24. The van der Waals surface area contributed by atoms with E-state index in [-0.39, 0.29) is 54.3 Å². The maximum absolute atomic E-state index is 12.7. The Bertz CT molecular complexity index is 798. The Morgan fingerprint density at radius 3 is 2.24 bits per heavy atom. The van der Waals surface area contributed by atoms with E-state index in [1.165, 1.54) is 4.90 Å². The summed E-state index contributed by atoms with van der Waals surface area (Å²) >= 11 is 0. The van der Waals surface area contributed by atoms with Crippen molar-refractivity contribution in [2.45, 2.75) is 38.9 Å². The highest BCUT2D eigenvalue weighted by atomic mass is 32.2. The zero-order valence-electron chi connectivity index (χ0n) is 17.6. The summed E-state index contributed by atoms with van der Waals surface area (Å²) in [5.41, 5.74) is 0. The second kappa shape index (κ2) is 8.08. The van der Waals surface area contributed by atoms with Gasteiger partial charge in [-0.05, 0) is 46.0 Å². The van der Waals surface area contributed by atoms with Gasteiger partial charge < -0.3 is 10.6 Å². The molecule has 162 valence electrons. The third-order valence-corrected chi connectivity index (χ3v) is 8.68. The Balaban J connectivity index is 1.52. The minimum Gasteiger partial charge on any atom is -0.357 e. The van der Waals surface area contributed by atoms with Crippen LogP contribution in [0.15, 0.2) is 17.1 Å². The van der Waals surface area contributed by atoms with Gasteiger partial charge in [0.15, 0.2) is 15.8 Å². The van der Waals surface area contributed by atoms with Crippen molar-refractivity contribution in [3.63, 3.8) is 0 Å². The molecule has 2 bridgehead atoms. The summed E-state index contributed by atoms with van der Waals surface area (Å²) in [6.07, 6.45) is 5.09. The summed E-state index contributed by atoms with van der Waals surface area (Å²) in [7, 11) is -3.24. The van der Waals surface area contributed by atoms with Crippen LogP contribution in [0.1, 0.15) is 34.1 Å². The zero-order chi connectivity index (χ0) is 21.4. The van der Waals surface area contributed by atoms with E-state index in [1.54, 1.807) is 20.8 Å². The number of sulfone groups is 1. The molecular formula is C20H32N4O4S. The van der Waals surface area contributed by atoms with Crippen molar-refractivity contribution in [1.29, 1.82) is 0 Å². The Labute approximate surface area is 173 Å². The Morgan fingerprint density at radius 2 is 1.72 bits per heavy atom. The van der Waals surface area contributed by atoms with Crippen molar-refractivity contribution < 1.29 is 18.0 Å². The van der Waals surface area contributed by atoms with E-state index in [0.29, 0.717) is 19.0 Å². The molecule has 2 aliphatic carbocycles. The quantitative estimate of drug-likeness (QED) is 0.268. The van der Waals surface area contributed by atoms with E-state index in [0.717, 1.165) is 6.42 Å². The van der Waals surface area contributed by atoms with Crippen LogP contribution >= 0.6 is 0 Å². The number of aliphatic imine (C=N–C) groups is 1. The van der Waals surface area contributed by atoms with Crippen molar-refractivity contribution in [3.05, 3.63) is 12.2 Å². The van der Waals surface area contributed by atoms with Crippen LogP contribution in [-0.4, -0.2) is 67.8 Å². The molecule has 0 spiro atoms. The normalized spacial score (nSPS) is 29.0. The monoisotopic (exact) mass is 424 g/mol. The van der Waals surface area contributed by atoms with Gasteiger partial charge in [-0.3, -0.25) is 19.5 Å². The largest absolute Gasteiger partial charge is 0.357 e. The van der Waals surface area contributed by atoms with Crippen LogP contribution in [0.25, 0.3) is 0 Å². The van der Waals surface area contributed by atoms with E-state index >= 15 is 0 Å². The first-order valence-electron chi connectivity index (χ1n) is 10.3. The molecular weight excluding hydrogens is 392 g/mol. The van der Waals surface area contributed by atoms with Crippen LogP contribution in [0.3, 0.4) is 0 Å². The molecule has 29 heavy (non-hydrogen) atoms. The van der Waals surface area contributed by atoms with E-state index in [2.05, 4.69) is 27.8 Å². The minimum absolute atomic E-state index is 0.0324. The van der Waals surface area contributed by atoms with Crippen LogP contribution in [0.5, 0.6) is 0 Å². The molecule has 3 rings (SSSR count). The molecule has 3 aliphatic rings. The first-order chi connectivity index (χ1) is 13.6. The van der Waals surface area contributed by atoms with Gasteiger partial charge in [0.05, 0.1) is 28.9 Å². The number of nitrogens with one attached hydrogen (secondary N) is 2. The second-order valence-electron chi connectivity index (χ2n) is 8.95. The number of rotatable bonds is 7. The number of hydrogen-bond donors (Lipinski definition) is 2. The molecule has 1 aliphatic heterocycles. The number of imide groups is 1. The molecule has 4 atom stereocenters. The fourth-order valence-electron chi connectivity index (χ4n) is 4.40. The highest BCUT2D eigenvalue weighted by molar-refractivity contribution is 7.92. The molecule has 1 heterocycles. The number of allylic oxidation sites excluding steroid dienone is 2. The first-order valence-corrected chi connectivity index (χ1v) is 12.0. The van der Waals surface area contributed by atoms with Gasteiger partial charge in [0, 0.05) is 19.6 Å². The highest BCUT2D eigenvalue weighted by Gasteiger charge is 2.58. The fourth-order valence-corrected chi connectivity index (χ4v) is 5.34. The van der Waals surface area contributed by atoms with Gasteiger partial charge in [-0.1, -0.05) is 12.2 Å². The van der Waals surface area contributed by atoms with Gasteiger partial charge in [-0.15, -0.1) is 0 Å². The van der Waals surface area contributed by atoms with E-state index in [4.69, 9.17) is 0 Å². The number of likely N-dealkylation sites (tertiary alicyclic amines) is 1. The van der Waals surface area contributed by atoms with Crippen LogP contribution in [-0.2, 0) is 19.4 Å². The smallest absolute Gasteiger partial charge is 0.233 e. The summed E-state index contributed by atoms with van der Waals surface area (Å²) in [5.74, 6) is 0.399.